The molecule has 0 spiro atoms. The number of amides is 2. The predicted molar refractivity (Wildman–Crippen MR) is 102 cm³/mol. The standard InChI is InChI=1S/C22H34N2O3/c1-14-12-23(13-15(2)27-14)20(25)19-4-3-5-24(19)21(26)22-9-16-6-17(10-22)8-18(7-16)11-22/h14-19H,3-13H2,1-2H3. The summed E-state index contributed by atoms with van der Waals surface area (Å²) in [5.74, 6) is 2.77. The molecule has 2 saturated heterocycles. The van der Waals surface area contributed by atoms with Crippen molar-refractivity contribution < 1.29 is 14.3 Å². The Kier molecular flexibility index (Phi) is 4.30. The largest absolute Gasteiger partial charge is 0.372 e. The van der Waals surface area contributed by atoms with Crippen molar-refractivity contribution in [2.24, 2.45) is 23.2 Å². The molecule has 3 unspecified atom stereocenters. The fourth-order valence-corrected chi connectivity index (χ4v) is 7.51. The Labute approximate surface area is 162 Å². The molecule has 150 valence electrons. The fourth-order valence-electron chi connectivity index (χ4n) is 7.51. The Morgan fingerprint density at radius 3 is 2.04 bits per heavy atom. The van der Waals surface area contributed by atoms with Crippen molar-refractivity contribution in [2.45, 2.75) is 83.5 Å². The zero-order valence-corrected chi connectivity index (χ0v) is 16.9. The number of ether oxygens (including phenoxy) is 1. The third-order valence-electron chi connectivity index (χ3n) is 8.02. The fraction of sp³-hybridized carbons (Fsp3) is 0.909. The van der Waals surface area contributed by atoms with E-state index in [2.05, 4.69) is 0 Å². The molecule has 5 heteroatoms. The zero-order valence-electron chi connectivity index (χ0n) is 16.9. The summed E-state index contributed by atoms with van der Waals surface area (Å²) in [6, 6.07) is -0.233. The summed E-state index contributed by atoms with van der Waals surface area (Å²) in [5.41, 5.74) is -0.136. The molecule has 6 rings (SSSR count). The summed E-state index contributed by atoms with van der Waals surface area (Å²) in [6.45, 7) is 6.14. The molecule has 6 fully saturated rings. The quantitative estimate of drug-likeness (QED) is 0.747. The maximum absolute atomic E-state index is 13.8. The second-order valence-corrected chi connectivity index (χ2v) is 10.4. The van der Waals surface area contributed by atoms with Crippen molar-refractivity contribution in [1.29, 1.82) is 0 Å². The number of rotatable bonds is 2. The minimum absolute atomic E-state index is 0.0754. The lowest BCUT2D eigenvalue weighted by Gasteiger charge is -2.56. The first kappa shape index (κ1) is 18.0. The molecule has 4 bridgehead atoms. The van der Waals surface area contributed by atoms with Crippen LogP contribution in [0.2, 0.25) is 0 Å². The first-order chi connectivity index (χ1) is 12.9. The van der Waals surface area contributed by atoms with E-state index in [9.17, 15) is 9.59 Å². The number of hydrogen-bond acceptors (Lipinski definition) is 3. The zero-order chi connectivity index (χ0) is 18.8. The molecule has 2 heterocycles. The second-order valence-electron chi connectivity index (χ2n) is 10.4. The molecular weight excluding hydrogens is 340 g/mol. The molecule has 5 nitrogen and oxygen atoms in total. The predicted octanol–water partition coefficient (Wildman–Crippen LogP) is 2.83. The van der Waals surface area contributed by atoms with Gasteiger partial charge >= 0.3 is 0 Å². The van der Waals surface area contributed by atoms with Crippen molar-refractivity contribution >= 4 is 11.8 Å². The van der Waals surface area contributed by atoms with Gasteiger partial charge in [-0.15, -0.1) is 0 Å². The van der Waals surface area contributed by atoms with Crippen LogP contribution in [-0.4, -0.2) is 59.5 Å². The second kappa shape index (κ2) is 6.47. The molecule has 4 aliphatic carbocycles. The van der Waals surface area contributed by atoms with Gasteiger partial charge in [-0.2, -0.15) is 0 Å². The van der Waals surface area contributed by atoms with Gasteiger partial charge in [0.05, 0.1) is 17.6 Å². The Bertz CT molecular complexity index is 588. The van der Waals surface area contributed by atoms with Crippen LogP contribution in [0, 0.1) is 23.2 Å². The molecule has 2 aliphatic heterocycles. The van der Waals surface area contributed by atoms with Gasteiger partial charge in [-0.3, -0.25) is 9.59 Å². The van der Waals surface area contributed by atoms with Crippen molar-refractivity contribution in [3.8, 4) is 0 Å². The van der Waals surface area contributed by atoms with Gasteiger partial charge in [-0.1, -0.05) is 0 Å². The van der Waals surface area contributed by atoms with Crippen LogP contribution >= 0.6 is 0 Å². The van der Waals surface area contributed by atoms with Crippen molar-refractivity contribution in [2.75, 3.05) is 19.6 Å². The van der Waals surface area contributed by atoms with Crippen LogP contribution in [0.5, 0.6) is 0 Å². The van der Waals surface area contributed by atoms with E-state index in [1.54, 1.807) is 0 Å². The number of hydrogen-bond donors (Lipinski definition) is 0. The summed E-state index contributed by atoms with van der Waals surface area (Å²) < 4.78 is 5.79. The maximum Gasteiger partial charge on any atom is 0.245 e. The van der Waals surface area contributed by atoms with Gasteiger partial charge in [0, 0.05) is 19.6 Å². The molecular formula is C22H34N2O3. The summed E-state index contributed by atoms with van der Waals surface area (Å²) in [5, 5.41) is 0. The highest BCUT2D eigenvalue weighted by Gasteiger charge is 2.57. The lowest BCUT2D eigenvalue weighted by atomic mass is 9.49. The van der Waals surface area contributed by atoms with E-state index in [4.69, 9.17) is 4.74 Å². The molecule has 6 aliphatic rings. The summed E-state index contributed by atoms with van der Waals surface area (Å²) in [7, 11) is 0. The van der Waals surface area contributed by atoms with Gasteiger partial charge in [-0.25, -0.2) is 0 Å². The molecule has 4 saturated carbocycles. The van der Waals surface area contributed by atoms with E-state index in [-0.39, 0.29) is 29.6 Å². The minimum Gasteiger partial charge on any atom is -0.372 e. The van der Waals surface area contributed by atoms with Gasteiger partial charge in [0.1, 0.15) is 6.04 Å². The van der Waals surface area contributed by atoms with E-state index >= 15 is 0 Å². The van der Waals surface area contributed by atoms with Crippen LogP contribution in [0.4, 0.5) is 0 Å². The van der Waals surface area contributed by atoms with E-state index in [1.807, 2.05) is 23.6 Å². The lowest BCUT2D eigenvalue weighted by Crippen LogP contribution is -2.59. The monoisotopic (exact) mass is 374 g/mol. The van der Waals surface area contributed by atoms with Crippen LogP contribution in [0.15, 0.2) is 0 Å². The smallest absolute Gasteiger partial charge is 0.245 e. The number of likely N-dealkylation sites (tertiary alicyclic amines) is 1. The first-order valence-corrected chi connectivity index (χ1v) is 11.2. The lowest BCUT2D eigenvalue weighted by molar-refractivity contribution is -0.164. The topological polar surface area (TPSA) is 49.9 Å². The van der Waals surface area contributed by atoms with Gasteiger partial charge in [-0.05, 0) is 83.0 Å². The van der Waals surface area contributed by atoms with E-state index < -0.39 is 0 Å². The summed E-state index contributed by atoms with van der Waals surface area (Å²) >= 11 is 0. The Balaban J connectivity index is 1.34. The Hall–Kier alpha value is -1.10. The van der Waals surface area contributed by atoms with Crippen molar-refractivity contribution in [1.82, 2.24) is 9.80 Å². The van der Waals surface area contributed by atoms with Crippen LogP contribution in [0.3, 0.4) is 0 Å². The van der Waals surface area contributed by atoms with Crippen LogP contribution < -0.4 is 0 Å². The van der Waals surface area contributed by atoms with Crippen molar-refractivity contribution in [3.05, 3.63) is 0 Å². The van der Waals surface area contributed by atoms with Crippen LogP contribution in [0.25, 0.3) is 0 Å². The van der Waals surface area contributed by atoms with Gasteiger partial charge in [0.25, 0.3) is 0 Å². The van der Waals surface area contributed by atoms with Crippen LogP contribution in [-0.2, 0) is 14.3 Å². The van der Waals surface area contributed by atoms with Gasteiger partial charge < -0.3 is 14.5 Å². The molecule has 2 amide bonds. The molecule has 0 aromatic carbocycles. The molecule has 0 N–H and O–H groups in total. The molecule has 0 radical (unpaired) electrons. The summed E-state index contributed by atoms with van der Waals surface area (Å²) in [4.78, 5) is 31.0. The van der Waals surface area contributed by atoms with E-state index in [0.717, 1.165) is 56.4 Å². The average molecular weight is 375 g/mol. The SMILES string of the molecule is CC1CN(C(=O)C2CCCN2C(=O)C23CC4CC(CC(C4)C2)C3)CC(C)O1. The van der Waals surface area contributed by atoms with Gasteiger partial charge in [0.15, 0.2) is 0 Å². The summed E-state index contributed by atoms with van der Waals surface area (Å²) in [6.07, 6.45) is 9.23. The average Bonchev–Trinajstić information content (AvgIpc) is 3.07. The van der Waals surface area contributed by atoms with E-state index in [1.165, 1.54) is 19.3 Å². The molecule has 3 atom stereocenters. The number of carbonyl (C=O) groups excluding carboxylic acids is 2. The minimum atomic E-state index is -0.233. The highest BCUT2D eigenvalue weighted by atomic mass is 16.5. The number of nitrogens with zero attached hydrogens (tertiary/aromatic N) is 2. The van der Waals surface area contributed by atoms with Gasteiger partial charge in [0.2, 0.25) is 11.8 Å². The van der Waals surface area contributed by atoms with Crippen LogP contribution in [0.1, 0.15) is 65.2 Å². The maximum atomic E-state index is 13.8. The molecule has 0 aromatic rings. The normalized spacial score (nSPS) is 46.1. The highest BCUT2D eigenvalue weighted by Crippen LogP contribution is 2.60. The van der Waals surface area contributed by atoms with E-state index in [0.29, 0.717) is 19.0 Å². The van der Waals surface area contributed by atoms with Crippen molar-refractivity contribution in [3.63, 3.8) is 0 Å². The first-order valence-electron chi connectivity index (χ1n) is 11.2. The number of carbonyl (C=O) groups is 2. The highest BCUT2D eigenvalue weighted by molar-refractivity contribution is 5.91. The number of morpholine rings is 1. The molecule has 27 heavy (non-hydrogen) atoms. The Morgan fingerprint density at radius 2 is 1.48 bits per heavy atom. The third kappa shape index (κ3) is 3.01. The third-order valence-corrected chi connectivity index (χ3v) is 8.02. The Morgan fingerprint density at radius 1 is 0.926 bits per heavy atom. The molecule has 0 aromatic heterocycles.